The molecule has 0 unspecified atom stereocenters. The molecule has 136 valence electrons. The summed E-state index contributed by atoms with van der Waals surface area (Å²) in [6.07, 6.45) is 2.91. The summed E-state index contributed by atoms with van der Waals surface area (Å²) in [6.45, 7) is -0.142. The molecule has 0 spiro atoms. The number of nitrogen functional groups attached to an aromatic ring is 2. The fourth-order valence-corrected chi connectivity index (χ4v) is 2.05. The predicted molar refractivity (Wildman–Crippen MR) is 98.5 cm³/mol. The highest BCUT2D eigenvalue weighted by molar-refractivity contribution is 5.95. The van der Waals surface area contributed by atoms with Crippen molar-refractivity contribution in [3.63, 3.8) is 0 Å². The molecule has 0 aliphatic rings. The minimum atomic E-state index is -0.604. The third kappa shape index (κ3) is 5.55. The highest BCUT2D eigenvalue weighted by Crippen LogP contribution is 2.16. The fourth-order valence-electron chi connectivity index (χ4n) is 2.05. The number of rotatable bonds is 7. The number of carbonyl (C=O) groups is 2. The number of benzene rings is 2. The van der Waals surface area contributed by atoms with Crippen molar-refractivity contribution >= 4 is 29.4 Å². The van der Waals surface area contributed by atoms with E-state index in [0.29, 0.717) is 5.69 Å². The SMILES string of the molecule is COc1ccc(/C=C/C(=O)OCCOC(=O)c2ccc(N)cc2N)cc1. The van der Waals surface area contributed by atoms with Gasteiger partial charge in [-0.05, 0) is 42.0 Å². The highest BCUT2D eigenvalue weighted by atomic mass is 16.6. The molecular weight excluding hydrogens is 336 g/mol. The molecule has 0 aromatic heterocycles. The molecule has 0 heterocycles. The van der Waals surface area contributed by atoms with E-state index < -0.39 is 11.9 Å². The Hall–Kier alpha value is -3.48. The second-order valence-corrected chi connectivity index (χ2v) is 5.26. The Morgan fingerprint density at radius 3 is 2.35 bits per heavy atom. The van der Waals surface area contributed by atoms with Gasteiger partial charge >= 0.3 is 11.9 Å². The molecule has 0 aliphatic heterocycles. The molecule has 0 saturated heterocycles. The number of hydrogen-bond donors (Lipinski definition) is 2. The summed E-state index contributed by atoms with van der Waals surface area (Å²) in [5.41, 5.74) is 13.0. The van der Waals surface area contributed by atoms with Crippen molar-refractivity contribution in [2.24, 2.45) is 0 Å². The minimum Gasteiger partial charge on any atom is -0.497 e. The van der Waals surface area contributed by atoms with E-state index in [1.807, 2.05) is 0 Å². The number of ether oxygens (including phenoxy) is 3. The minimum absolute atomic E-state index is 0.0631. The van der Waals surface area contributed by atoms with Crippen LogP contribution in [0.2, 0.25) is 0 Å². The van der Waals surface area contributed by atoms with E-state index >= 15 is 0 Å². The maximum atomic E-state index is 11.9. The Balaban J connectivity index is 1.74. The van der Waals surface area contributed by atoms with Crippen molar-refractivity contribution in [2.75, 3.05) is 31.8 Å². The molecule has 0 saturated carbocycles. The summed E-state index contributed by atoms with van der Waals surface area (Å²) < 4.78 is 15.0. The zero-order valence-corrected chi connectivity index (χ0v) is 14.3. The van der Waals surface area contributed by atoms with Crippen LogP contribution in [-0.2, 0) is 14.3 Å². The first-order chi connectivity index (χ1) is 12.5. The molecular formula is C19H20N2O5. The van der Waals surface area contributed by atoms with E-state index in [-0.39, 0.29) is 24.5 Å². The molecule has 2 aromatic rings. The van der Waals surface area contributed by atoms with Crippen LogP contribution in [-0.4, -0.2) is 32.3 Å². The van der Waals surface area contributed by atoms with Crippen LogP contribution in [0.15, 0.2) is 48.5 Å². The third-order valence-corrected chi connectivity index (χ3v) is 3.38. The average Bonchev–Trinajstić information content (AvgIpc) is 2.63. The second kappa shape index (κ2) is 9.12. The molecule has 2 aromatic carbocycles. The highest BCUT2D eigenvalue weighted by Gasteiger charge is 2.11. The van der Waals surface area contributed by atoms with E-state index in [1.165, 1.54) is 18.2 Å². The van der Waals surface area contributed by atoms with Crippen LogP contribution in [0.1, 0.15) is 15.9 Å². The fraction of sp³-hybridized carbons (Fsp3) is 0.158. The molecule has 7 nitrogen and oxygen atoms in total. The summed E-state index contributed by atoms with van der Waals surface area (Å²) in [5.74, 6) is -0.413. The standard InChI is InChI=1S/C19H20N2O5/c1-24-15-6-2-13(3-7-15)4-9-18(22)25-10-11-26-19(23)16-8-5-14(20)12-17(16)21/h2-9,12H,10-11,20-21H2,1H3/b9-4+. The van der Waals surface area contributed by atoms with Crippen molar-refractivity contribution in [3.8, 4) is 5.75 Å². The van der Waals surface area contributed by atoms with Gasteiger partial charge in [0.15, 0.2) is 0 Å². The Morgan fingerprint density at radius 1 is 1.00 bits per heavy atom. The van der Waals surface area contributed by atoms with Gasteiger partial charge in [-0.2, -0.15) is 0 Å². The largest absolute Gasteiger partial charge is 0.497 e. The van der Waals surface area contributed by atoms with Gasteiger partial charge in [-0.25, -0.2) is 9.59 Å². The summed E-state index contributed by atoms with van der Waals surface area (Å²) in [7, 11) is 1.58. The average molecular weight is 356 g/mol. The summed E-state index contributed by atoms with van der Waals surface area (Å²) in [4.78, 5) is 23.5. The van der Waals surface area contributed by atoms with Gasteiger partial charge in [0.25, 0.3) is 0 Å². The first-order valence-electron chi connectivity index (χ1n) is 7.80. The van der Waals surface area contributed by atoms with Crippen LogP contribution >= 0.6 is 0 Å². The summed E-state index contributed by atoms with van der Waals surface area (Å²) in [6, 6.07) is 11.7. The smallest absolute Gasteiger partial charge is 0.340 e. The molecule has 0 atom stereocenters. The molecule has 4 N–H and O–H groups in total. The van der Waals surface area contributed by atoms with E-state index in [9.17, 15) is 9.59 Å². The molecule has 0 amide bonds. The van der Waals surface area contributed by atoms with Gasteiger partial charge in [-0.3, -0.25) is 0 Å². The van der Waals surface area contributed by atoms with E-state index in [1.54, 1.807) is 43.5 Å². The number of carbonyl (C=O) groups excluding carboxylic acids is 2. The maximum Gasteiger partial charge on any atom is 0.340 e. The van der Waals surface area contributed by atoms with Crippen LogP contribution in [0.5, 0.6) is 5.75 Å². The molecule has 2 rings (SSSR count). The molecule has 0 fully saturated rings. The first kappa shape index (κ1) is 18.9. The number of esters is 2. The molecule has 26 heavy (non-hydrogen) atoms. The van der Waals surface area contributed by atoms with Crippen LogP contribution in [0.3, 0.4) is 0 Å². The maximum absolute atomic E-state index is 11.9. The van der Waals surface area contributed by atoms with Gasteiger partial charge in [-0.15, -0.1) is 0 Å². The van der Waals surface area contributed by atoms with Gasteiger partial charge in [-0.1, -0.05) is 12.1 Å². The Kier molecular flexibility index (Phi) is 6.61. The normalized spacial score (nSPS) is 10.5. The Bertz CT molecular complexity index is 800. The Labute approximate surface area is 151 Å². The van der Waals surface area contributed by atoms with Gasteiger partial charge in [0.2, 0.25) is 0 Å². The van der Waals surface area contributed by atoms with Crippen LogP contribution in [0, 0.1) is 0 Å². The lowest BCUT2D eigenvalue weighted by molar-refractivity contribution is -0.138. The number of nitrogens with two attached hydrogens (primary N) is 2. The lowest BCUT2D eigenvalue weighted by Crippen LogP contribution is -2.14. The zero-order valence-electron chi connectivity index (χ0n) is 14.3. The predicted octanol–water partition coefficient (Wildman–Crippen LogP) is 2.27. The van der Waals surface area contributed by atoms with E-state index in [2.05, 4.69) is 0 Å². The lowest BCUT2D eigenvalue weighted by Gasteiger charge is -2.07. The van der Waals surface area contributed by atoms with Crippen molar-refractivity contribution in [2.45, 2.75) is 0 Å². The first-order valence-corrected chi connectivity index (χ1v) is 7.80. The quantitative estimate of drug-likeness (QED) is 0.338. The van der Waals surface area contributed by atoms with Gasteiger partial charge in [0, 0.05) is 17.5 Å². The molecule has 0 radical (unpaired) electrons. The second-order valence-electron chi connectivity index (χ2n) is 5.26. The number of methoxy groups -OCH3 is 1. The Morgan fingerprint density at radius 2 is 1.69 bits per heavy atom. The molecule has 0 bridgehead atoms. The topological polar surface area (TPSA) is 114 Å². The van der Waals surface area contributed by atoms with Crippen molar-refractivity contribution < 1.29 is 23.8 Å². The summed E-state index contributed by atoms with van der Waals surface area (Å²) >= 11 is 0. The van der Waals surface area contributed by atoms with Crippen LogP contribution in [0.25, 0.3) is 6.08 Å². The van der Waals surface area contributed by atoms with Gasteiger partial charge in [0.05, 0.1) is 12.7 Å². The third-order valence-electron chi connectivity index (χ3n) is 3.38. The van der Waals surface area contributed by atoms with E-state index in [4.69, 9.17) is 25.7 Å². The van der Waals surface area contributed by atoms with E-state index in [0.717, 1.165) is 11.3 Å². The summed E-state index contributed by atoms with van der Waals surface area (Å²) in [5, 5.41) is 0. The van der Waals surface area contributed by atoms with Crippen molar-refractivity contribution in [1.29, 1.82) is 0 Å². The number of hydrogen-bond acceptors (Lipinski definition) is 7. The van der Waals surface area contributed by atoms with Crippen molar-refractivity contribution in [3.05, 3.63) is 59.7 Å². The monoisotopic (exact) mass is 356 g/mol. The van der Waals surface area contributed by atoms with Gasteiger partial charge < -0.3 is 25.7 Å². The molecule has 0 aliphatic carbocycles. The van der Waals surface area contributed by atoms with Crippen LogP contribution in [0.4, 0.5) is 11.4 Å². The molecule has 7 heteroatoms. The zero-order chi connectivity index (χ0) is 18.9. The lowest BCUT2D eigenvalue weighted by atomic mass is 10.1. The van der Waals surface area contributed by atoms with Gasteiger partial charge in [0.1, 0.15) is 19.0 Å². The van der Waals surface area contributed by atoms with Crippen LogP contribution < -0.4 is 16.2 Å². The van der Waals surface area contributed by atoms with Crippen molar-refractivity contribution in [1.82, 2.24) is 0 Å². The number of anilines is 2.